The van der Waals surface area contributed by atoms with Crippen LogP contribution in [0.4, 0.5) is 0 Å². The summed E-state index contributed by atoms with van der Waals surface area (Å²) in [5, 5.41) is 5.93. The predicted octanol–water partition coefficient (Wildman–Crippen LogP) is 0.334. The van der Waals surface area contributed by atoms with Gasteiger partial charge in [0, 0.05) is 32.6 Å². The van der Waals surface area contributed by atoms with Gasteiger partial charge >= 0.3 is 29.8 Å². The largest absolute Gasteiger partial charge is 0.465 e. The second-order valence-electron chi connectivity index (χ2n) is 9.74. The van der Waals surface area contributed by atoms with Crippen LogP contribution in [0.1, 0.15) is 59.8 Å². The van der Waals surface area contributed by atoms with Gasteiger partial charge in [-0.05, 0) is 24.9 Å². The van der Waals surface area contributed by atoms with Crippen LogP contribution in [0.2, 0.25) is 0 Å². The maximum atomic E-state index is 13.3. The molecule has 6 atom stereocenters. The van der Waals surface area contributed by atoms with E-state index < -0.39 is 91.6 Å². The lowest BCUT2D eigenvalue weighted by atomic mass is 9.87. The molecule has 1 saturated heterocycles. The highest BCUT2D eigenvalue weighted by molar-refractivity contribution is 5.81. The Morgan fingerprint density at radius 3 is 2.20 bits per heavy atom. The topological polar surface area (TPSA) is 254 Å². The number of carbonyl (C=O) groups excluding carboxylic acids is 6. The van der Waals surface area contributed by atoms with Crippen molar-refractivity contribution in [1.82, 2.24) is 5.32 Å². The SMILES string of the molecule is COC(=O)[C@@]1(OCCCCCCN)C[C@H](OC(C)=O)[C@@H](NC(=O)COC(C)=O)[C@H]([C@H](OC(C)=O)[C@@H](CN=[N+]=[N-])OC(C)=O)O1. The van der Waals surface area contributed by atoms with E-state index in [0.717, 1.165) is 47.6 Å². The van der Waals surface area contributed by atoms with Gasteiger partial charge in [-0.1, -0.05) is 18.0 Å². The molecule has 18 heteroatoms. The zero-order valence-electron chi connectivity index (χ0n) is 25.5. The molecule has 0 spiro atoms. The van der Waals surface area contributed by atoms with E-state index in [1.54, 1.807) is 0 Å². The fourth-order valence-electron chi connectivity index (χ4n) is 4.47. The Hall–Kier alpha value is -3.99. The molecule has 1 heterocycles. The molecule has 1 aliphatic rings. The van der Waals surface area contributed by atoms with E-state index in [-0.39, 0.29) is 6.61 Å². The highest BCUT2D eigenvalue weighted by Crippen LogP contribution is 2.37. The number of unbranched alkanes of at least 4 members (excludes halogenated alkanes) is 3. The maximum absolute atomic E-state index is 13.3. The molecule has 1 rings (SSSR count). The van der Waals surface area contributed by atoms with Crippen molar-refractivity contribution in [2.45, 2.75) is 96.0 Å². The minimum atomic E-state index is -2.28. The second-order valence-corrected chi connectivity index (χ2v) is 9.74. The van der Waals surface area contributed by atoms with Crippen molar-refractivity contribution in [3.8, 4) is 0 Å². The predicted molar refractivity (Wildman–Crippen MR) is 147 cm³/mol. The van der Waals surface area contributed by atoms with Gasteiger partial charge in [-0.2, -0.15) is 0 Å². The normalized spacial score (nSPS) is 22.3. The van der Waals surface area contributed by atoms with Crippen molar-refractivity contribution in [3.05, 3.63) is 10.4 Å². The molecular weight excluding hydrogens is 590 g/mol. The number of hydrogen-bond donors (Lipinski definition) is 2. The molecule has 1 aliphatic heterocycles. The summed E-state index contributed by atoms with van der Waals surface area (Å²) in [6.07, 6.45) is -4.06. The van der Waals surface area contributed by atoms with Crippen LogP contribution in [0.25, 0.3) is 10.4 Å². The van der Waals surface area contributed by atoms with Crippen molar-refractivity contribution in [2.75, 3.05) is 33.4 Å². The second kappa shape index (κ2) is 19.3. The van der Waals surface area contributed by atoms with E-state index in [0.29, 0.717) is 19.4 Å². The lowest BCUT2D eigenvalue weighted by Crippen LogP contribution is -2.69. The molecule has 0 aromatic carbocycles. The molecule has 1 fully saturated rings. The summed E-state index contributed by atoms with van der Waals surface area (Å²) in [4.78, 5) is 76.6. The average molecular weight is 632 g/mol. The molecule has 0 bridgehead atoms. The Morgan fingerprint density at radius 2 is 1.66 bits per heavy atom. The molecule has 0 unspecified atom stereocenters. The van der Waals surface area contributed by atoms with E-state index in [1.165, 1.54) is 0 Å². The van der Waals surface area contributed by atoms with Gasteiger partial charge in [0.1, 0.15) is 18.3 Å². The summed E-state index contributed by atoms with van der Waals surface area (Å²) in [5.74, 6) is -7.58. The van der Waals surface area contributed by atoms with E-state index >= 15 is 0 Å². The number of hydrogen-bond acceptors (Lipinski definition) is 15. The molecule has 0 radical (unpaired) electrons. The van der Waals surface area contributed by atoms with Crippen molar-refractivity contribution in [1.29, 1.82) is 0 Å². The van der Waals surface area contributed by atoms with Gasteiger partial charge in [-0.25, -0.2) is 4.79 Å². The van der Waals surface area contributed by atoms with Gasteiger partial charge in [0.05, 0.1) is 32.7 Å². The van der Waals surface area contributed by atoms with E-state index in [9.17, 15) is 28.8 Å². The number of nitrogens with two attached hydrogens (primary N) is 1. The summed E-state index contributed by atoms with van der Waals surface area (Å²) in [6.45, 7) is 3.36. The first-order chi connectivity index (χ1) is 20.8. The number of rotatable bonds is 18. The van der Waals surface area contributed by atoms with Crippen LogP contribution in [-0.2, 0) is 61.9 Å². The summed E-state index contributed by atoms with van der Waals surface area (Å²) >= 11 is 0. The first-order valence-electron chi connectivity index (χ1n) is 13.9. The number of carbonyl (C=O) groups is 6. The first kappa shape index (κ1) is 38.0. The number of methoxy groups -OCH3 is 1. The van der Waals surface area contributed by atoms with Crippen LogP contribution in [0.5, 0.6) is 0 Å². The Kier molecular flexibility index (Phi) is 16.7. The van der Waals surface area contributed by atoms with Crippen molar-refractivity contribution in [2.24, 2.45) is 10.8 Å². The Balaban J connectivity index is 3.77. The first-order valence-corrected chi connectivity index (χ1v) is 13.9. The fraction of sp³-hybridized carbons (Fsp3) is 0.769. The van der Waals surface area contributed by atoms with Gasteiger partial charge in [-0.15, -0.1) is 0 Å². The van der Waals surface area contributed by atoms with Crippen LogP contribution in [0, 0.1) is 0 Å². The Labute approximate surface area is 254 Å². The highest BCUT2D eigenvalue weighted by atomic mass is 16.7. The van der Waals surface area contributed by atoms with Crippen LogP contribution in [-0.4, -0.2) is 105 Å². The summed E-state index contributed by atoms with van der Waals surface area (Å²) < 4.78 is 38.1. The summed E-state index contributed by atoms with van der Waals surface area (Å²) in [6, 6.07) is -1.43. The van der Waals surface area contributed by atoms with E-state index in [4.69, 9.17) is 44.4 Å². The molecule has 0 aromatic rings. The highest BCUT2D eigenvalue weighted by Gasteiger charge is 2.59. The van der Waals surface area contributed by atoms with E-state index in [2.05, 4.69) is 15.3 Å². The Bertz CT molecular complexity index is 1060. The number of esters is 5. The van der Waals surface area contributed by atoms with E-state index in [1.807, 2.05) is 0 Å². The number of azide groups is 1. The molecule has 248 valence electrons. The third-order valence-corrected chi connectivity index (χ3v) is 6.17. The van der Waals surface area contributed by atoms with Crippen molar-refractivity contribution >= 4 is 35.8 Å². The van der Waals surface area contributed by atoms with Crippen molar-refractivity contribution in [3.63, 3.8) is 0 Å². The number of nitrogens with one attached hydrogen (secondary N) is 1. The van der Waals surface area contributed by atoms with Crippen molar-refractivity contribution < 1.29 is 61.9 Å². The molecular formula is C26H41N5O13. The molecule has 3 N–H and O–H groups in total. The quantitative estimate of drug-likeness (QED) is 0.0516. The fourth-order valence-corrected chi connectivity index (χ4v) is 4.47. The number of amides is 1. The molecule has 18 nitrogen and oxygen atoms in total. The lowest BCUT2D eigenvalue weighted by molar-refractivity contribution is -0.313. The van der Waals surface area contributed by atoms with Crippen LogP contribution in [0.15, 0.2) is 5.11 Å². The molecule has 0 saturated carbocycles. The van der Waals surface area contributed by atoms with Gasteiger partial charge in [0.2, 0.25) is 0 Å². The third kappa shape index (κ3) is 12.7. The molecule has 1 amide bonds. The standard InChI is InChI=1S/C26H41N5O13/c1-15(32)39-14-21(36)30-22-19(41-16(2)33)12-26(25(37)38-5,40-11-9-7-6-8-10-27)44-24(22)23(43-18(4)35)20(13-29-31-28)42-17(3)34/h19-20,22-24H,6-14,27H2,1-5H3,(H,30,36)/t19-,20+,22+,23+,24+,26+/m0/s1. The van der Waals surface area contributed by atoms with Gasteiger partial charge < -0.3 is 44.2 Å². The average Bonchev–Trinajstić information content (AvgIpc) is 2.94. The number of nitrogens with zero attached hydrogens (tertiary/aromatic N) is 3. The zero-order valence-corrected chi connectivity index (χ0v) is 25.5. The molecule has 44 heavy (non-hydrogen) atoms. The smallest absolute Gasteiger partial charge is 0.366 e. The monoisotopic (exact) mass is 631 g/mol. The number of ether oxygens (including phenoxy) is 7. The Morgan fingerprint density at radius 1 is 1.00 bits per heavy atom. The van der Waals surface area contributed by atoms with Crippen LogP contribution >= 0.6 is 0 Å². The van der Waals surface area contributed by atoms with Gasteiger partial charge in [-0.3, -0.25) is 24.0 Å². The molecule has 0 aromatic heterocycles. The van der Waals surface area contributed by atoms with Crippen LogP contribution in [0.3, 0.4) is 0 Å². The maximum Gasteiger partial charge on any atom is 0.366 e. The van der Waals surface area contributed by atoms with Crippen LogP contribution < -0.4 is 11.1 Å². The zero-order chi connectivity index (χ0) is 33.3. The molecule has 0 aliphatic carbocycles. The third-order valence-electron chi connectivity index (χ3n) is 6.17. The lowest BCUT2D eigenvalue weighted by Gasteiger charge is -2.48. The van der Waals surface area contributed by atoms with Gasteiger partial charge in [0.15, 0.2) is 12.7 Å². The summed E-state index contributed by atoms with van der Waals surface area (Å²) in [5.41, 5.74) is 14.5. The van der Waals surface area contributed by atoms with Gasteiger partial charge in [0.25, 0.3) is 11.7 Å². The summed E-state index contributed by atoms with van der Waals surface area (Å²) in [7, 11) is 1.06. The minimum Gasteiger partial charge on any atom is -0.465 e. The minimum absolute atomic E-state index is 0.0347.